The molecule has 0 aromatic heterocycles. The van der Waals surface area contributed by atoms with Crippen LogP contribution in [-0.2, 0) is 28.6 Å². The summed E-state index contributed by atoms with van der Waals surface area (Å²) in [4.78, 5) is 35.8. The normalized spacial score (nSPS) is 12.0. The molecule has 43 heavy (non-hydrogen) atoms. The maximum Gasteiger partial charge on any atom is 0.306 e. The van der Waals surface area contributed by atoms with Crippen molar-refractivity contribution in [2.75, 3.05) is 13.2 Å². The van der Waals surface area contributed by atoms with E-state index < -0.39 is 12.1 Å². The zero-order valence-electron chi connectivity index (χ0n) is 28.5. The van der Waals surface area contributed by atoms with Gasteiger partial charge in [-0.3, -0.25) is 14.4 Å². The van der Waals surface area contributed by atoms with Crippen molar-refractivity contribution in [2.45, 2.75) is 194 Å². The van der Waals surface area contributed by atoms with Crippen LogP contribution >= 0.6 is 0 Å². The van der Waals surface area contributed by atoms with Gasteiger partial charge in [0, 0.05) is 19.8 Å². The van der Waals surface area contributed by atoms with E-state index in [1.807, 2.05) is 0 Å². The first-order valence-corrected chi connectivity index (χ1v) is 18.1. The Morgan fingerprint density at radius 1 is 0.488 bits per heavy atom. The van der Waals surface area contributed by atoms with Crippen molar-refractivity contribution in [3.05, 3.63) is 12.2 Å². The van der Waals surface area contributed by atoms with Gasteiger partial charge in [-0.2, -0.15) is 0 Å². The van der Waals surface area contributed by atoms with Crippen molar-refractivity contribution < 1.29 is 28.6 Å². The topological polar surface area (TPSA) is 78.9 Å². The first kappa shape index (κ1) is 41.1. The van der Waals surface area contributed by atoms with Crippen LogP contribution in [0.15, 0.2) is 12.2 Å². The average molecular weight is 609 g/mol. The summed E-state index contributed by atoms with van der Waals surface area (Å²) in [5, 5.41) is 0. The highest BCUT2D eigenvalue weighted by Gasteiger charge is 2.18. The van der Waals surface area contributed by atoms with Gasteiger partial charge in [0.25, 0.3) is 0 Å². The predicted molar refractivity (Wildman–Crippen MR) is 178 cm³/mol. The second kappa shape index (κ2) is 33.1. The minimum Gasteiger partial charge on any atom is -0.462 e. The maximum absolute atomic E-state index is 12.3. The lowest BCUT2D eigenvalue weighted by Gasteiger charge is -2.17. The van der Waals surface area contributed by atoms with Crippen molar-refractivity contribution in [1.29, 1.82) is 0 Å². The van der Waals surface area contributed by atoms with E-state index in [-0.39, 0.29) is 25.2 Å². The zero-order valence-corrected chi connectivity index (χ0v) is 28.5. The van der Waals surface area contributed by atoms with Gasteiger partial charge in [0.1, 0.15) is 13.2 Å². The third-order valence-electron chi connectivity index (χ3n) is 7.83. The minimum atomic E-state index is -0.763. The summed E-state index contributed by atoms with van der Waals surface area (Å²) in [6.45, 7) is 5.62. The van der Waals surface area contributed by atoms with Gasteiger partial charge in [0.2, 0.25) is 0 Å². The zero-order chi connectivity index (χ0) is 31.6. The second-order valence-corrected chi connectivity index (χ2v) is 12.2. The van der Waals surface area contributed by atoms with Crippen molar-refractivity contribution in [1.82, 2.24) is 0 Å². The molecule has 0 bridgehead atoms. The largest absolute Gasteiger partial charge is 0.462 e. The predicted octanol–water partition coefficient (Wildman–Crippen LogP) is 10.7. The molecule has 0 aliphatic rings. The Morgan fingerprint density at radius 3 is 1.33 bits per heavy atom. The molecule has 6 heteroatoms. The molecule has 0 amide bonds. The van der Waals surface area contributed by atoms with Gasteiger partial charge in [-0.05, 0) is 38.5 Å². The number of allylic oxidation sites excluding steroid dienone is 2. The molecule has 0 saturated carbocycles. The number of esters is 3. The third-order valence-corrected chi connectivity index (χ3v) is 7.83. The Bertz CT molecular complexity index is 674. The molecule has 1 atom stereocenters. The molecule has 0 aliphatic carbocycles. The second-order valence-electron chi connectivity index (χ2n) is 12.2. The number of carbonyl (C=O) groups excluding carboxylic acids is 3. The number of hydrogen-bond acceptors (Lipinski definition) is 6. The fourth-order valence-electron chi connectivity index (χ4n) is 5.10. The highest BCUT2D eigenvalue weighted by molar-refractivity contribution is 5.70. The molecule has 0 unspecified atom stereocenters. The van der Waals surface area contributed by atoms with E-state index >= 15 is 0 Å². The molecule has 0 aliphatic heterocycles. The highest BCUT2D eigenvalue weighted by atomic mass is 16.6. The van der Waals surface area contributed by atoms with E-state index in [1.165, 1.54) is 116 Å². The van der Waals surface area contributed by atoms with E-state index in [2.05, 4.69) is 26.0 Å². The van der Waals surface area contributed by atoms with Gasteiger partial charge in [0.05, 0.1) is 0 Å². The van der Waals surface area contributed by atoms with Crippen LogP contribution in [0, 0.1) is 0 Å². The first-order chi connectivity index (χ1) is 21.0. The van der Waals surface area contributed by atoms with Crippen LogP contribution in [0.25, 0.3) is 0 Å². The third kappa shape index (κ3) is 32.9. The first-order valence-electron chi connectivity index (χ1n) is 18.1. The molecule has 0 heterocycles. The summed E-state index contributed by atoms with van der Waals surface area (Å²) in [6.07, 6.45) is 33.6. The lowest BCUT2D eigenvalue weighted by Crippen LogP contribution is -2.30. The quantitative estimate of drug-likeness (QED) is 0.0327. The molecule has 0 spiro atoms. The van der Waals surface area contributed by atoms with Crippen molar-refractivity contribution >= 4 is 17.9 Å². The van der Waals surface area contributed by atoms with E-state index in [0.29, 0.717) is 12.8 Å². The summed E-state index contributed by atoms with van der Waals surface area (Å²) in [6, 6.07) is 0. The Kier molecular flexibility index (Phi) is 31.6. The molecule has 0 rings (SSSR count). The fraction of sp³-hybridized carbons (Fsp3) is 0.865. The molecule has 0 saturated heterocycles. The Hall–Kier alpha value is -1.85. The van der Waals surface area contributed by atoms with Crippen LogP contribution < -0.4 is 0 Å². The fourth-order valence-corrected chi connectivity index (χ4v) is 5.10. The minimum absolute atomic E-state index is 0.0809. The number of unbranched alkanes of at least 4 members (excludes halogenated alkanes) is 21. The van der Waals surface area contributed by atoms with Crippen LogP contribution in [0.2, 0.25) is 0 Å². The Morgan fingerprint density at radius 2 is 0.860 bits per heavy atom. The van der Waals surface area contributed by atoms with Crippen LogP contribution in [0.5, 0.6) is 0 Å². The molecule has 252 valence electrons. The summed E-state index contributed by atoms with van der Waals surface area (Å²) >= 11 is 0. The lowest BCUT2D eigenvalue weighted by atomic mass is 10.0. The summed E-state index contributed by atoms with van der Waals surface area (Å²) in [7, 11) is 0. The van der Waals surface area contributed by atoms with Crippen molar-refractivity contribution in [3.63, 3.8) is 0 Å². The maximum atomic E-state index is 12.3. The monoisotopic (exact) mass is 609 g/mol. The Balaban J connectivity index is 3.88. The van der Waals surface area contributed by atoms with E-state index in [9.17, 15) is 14.4 Å². The van der Waals surface area contributed by atoms with Gasteiger partial charge >= 0.3 is 17.9 Å². The Labute approximate surface area is 265 Å². The SMILES string of the molecule is CCCCCC/C=C\CCCCCCCC(=O)O[C@H](COC(C)=O)COC(=O)CCCCCCCCCCCCCCC. The van der Waals surface area contributed by atoms with Gasteiger partial charge in [-0.25, -0.2) is 0 Å². The number of hydrogen-bond donors (Lipinski definition) is 0. The highest BCUT2D eigenvalue weighted by Crippen LogP contribution is 2.14. The van der Waals surface area contributed by atoms with E-state index in [1.54, 1.807) is 0 Å². The molecule has 0 aromatic carbocycles. The molecular weight excluding hydrogens is 540 g/mol. The standard InChI is InChI=1S/C37H68O6/c1-4-6-8-10-12-14-16-18-20-22-24-26-28-30-36(39)42-33-35(32-41-34(3)38)43-37(40)31-29-27-25-23-21-19-17-15-13-11-9-7-5-2/h15,17,35H,4-14,16,18-33H2,1-3H3/b17-15-/t35-/m1/s1. The number of rotatable bonds is 32. The van der Waals surface area contributed by atoms with Crippen molar-refractivity contribution in [3.8, 4) is 0 Å². The summed E-state index contributed by atoms with van der Waals surface area (Å²) in [5.74, 6) is -1.08. The molecule has 0 N–H and O–H groups in total. The summed E-state index contributed by atoms with van der Waals surface area (Å²) < 4.78 is 15.9. The van der Waals surface area contributed by atoms with Gasteiger partial charge < -0.3 is 14.2 Å². The van der Waals surface area contributed by atoms with Crippen LogP contribution in [0.4, 0.5) is 0 Å². The van der Waals surface area contributed by atoms with E-state index in [0.717, 1.165) is 44.9 Å². The molecular formula is C37H68O6. The average Bonchev–Trinajstić information content (AvgIpc) is 2.99. The molecule has 0 radical (unpaired) electrons. The van der Waals surface area contributed by atoms with Crippen LogP contribution in [-0.4, -0.2) is 37.2 Å². The van der Waals surface area contributed by atoms with Gasteiger partial charge in [-0.15, -0.1) is 0 Å². The molecule has 0 aromatic rings. The molecule has 0 fully saturated rings. The van der Waals surface area contributed by atoms with E-state index in [4.69, 9.17) is 14.2 Å². The van der Waals surface area contributed by atoms with Crippen molar-refractivity contribution in [2.24, 2.45) is 0 Å². The smallest absolute Gasteiger partial charge is 0.306 e. The van der Waals surface area contributed by atoms with Gasteiger partial charge in [0.15, 0.2) is 6.10 Å². The molecule has 6 nitrogen and oxygen atoms in total. The van der Waals surface area contributed by atoms with Crippen LogP contribution in [0.1, 0.15) is 188 Å². The number of ether oxygens (including phenoxy) is 3. The van der Waals surface area contributed by atoms with Gasteiger partial charge in [-0.1, -0.05) is 142 Å². The van der Waals surface area contributed by atoms with Crippen LogP contribution in [0.3, 0.4) is 0 Å². The number of carbonyl (C=O) groups is 3. The summed E-state index contributed by atoms with van der Waals surface area (Å²) in [5.41, 5.74) is 0. The lowest BCUT2D eigenvalue weighted by molar-refractivity contribution is -0.166.